The molecule has 1 N–H and O–H groups in total. The van der Waals surface area contributed by atoms with Crippen LogP contribution in [0.4, 0.5) is 0 Å². The third-order valence-corrected chi connectivity index (χ3v) is 3.60. The van der Waals surface area contributed by atoms with E-state index in [2.05, 4.69) is 33.0 Å². The lowest BCUT2D eigenvalue weighted by Gasteiger charge is -2.21. The molecular formula is C16H29N3O. The van der Waals surface area contributed by atoms with Crippen LogP contribution in [0.25, 0.3) is 0 Å². The van der Waals surface area contributed by atoms with Gasteiger partial charge in [0.25, 0.3) is 0 Å². The summed E-state index contributed by atoms with van der Waals surface area (Å²) in [6, 6.07) is 0. The molecule has 0 aliphatic rings. The molecule has 4 nitrogen and oxygen atoms in total. The first kappa shape index (κ1) is 17.1. The molecule has 0 radical (unpaired) electrons. The van der Waals surface area contributed by atoms with Crippen molar-refractivity contribution in [1.82, 2.24) is 15.3 Å². The van der Waals surface area contributed by atoms with E-state index in [0.29, 0.717) is 5.92 Å². The van der Waals surface area contributed by atoms with Gasteiger partial charge >= 0.3 is 0 Å². The molecule has 0 amide bonds. The number of aromatic nitrogens is 2. The summed E-state index contributed by atoms with van der Waals surface area (Å²) in [6.07, 6.45) is 2.85. The zero-order chi connectivity index (χ0) is 15.1. The number of nitrogens with one attached hydrogen (secondary N) is 1. The molecule has 0 saturated carbocycles. The second-order valence-corrected chi connectivity index (χ2v) is 5.41. The monoisotopic (exact) mass is 279 g/mol. The highest BCUT2D eigenvalue weighted by atomic mass is 16.5. The van der Waals surface area contributed by atoms with Gasteiger partial charge < -0.3 is 10.1 Å². The van der Waals surface area contributed by atoms with Crippen molar-refractivity contribution in [2.24, 2.45) is 5.92 Å². The molecule has 1 aromatic rings. The van der Waals surface area contributed by atoms with Crippen molar-refractivity contribution < 1.29 is 4.74 Å². The first-order valence-corrected chi connectivity index (χ1v) is 7.64. The van der Waals surface area contributed by atoms with E-state index in [9.17, 15) is 0 Å². The molecule has 1 aromatic heterocycles. The van der Waals surface area contributed by atoms with Gasteiger partial charge in [0, 0.05) is 18.5 Å². The molecule has 114 valence electrons. The smallest absolute Gasteiger partial charge is 0.157 e. The fourth-order valence-corrected chi connectivity index (χ4v) is 2.53. The van der Waals surface area contributed by atoms with Gasteiger partial charge in [-0.3, -0.25) is 0 Å². The molecule has 0 fully saturated rings. The minimum Gasteiger partial charge on any atom is -0.373 e. The van der Waals surface area contributed by atoms with E-state index < -0.39 is 0 Å². The topological polar surface area (TPSA) is 47.0 Å². The van der Waals surface area contributed by atoms with Gasteiger partial charge in [-0.05, 0) is 44.3 Å². The molecule has 1 rings (SSSR count). The van der Waals surface area contributed by atoms with E-state index in [0.717, 1.165) is 31.6 Å². The summed E-state index contributed by atoms with van der Waals surface area (Å²) in [5.74, 6) is 1.21. The number of hydrogen-bond acceptors (Lipinski definition) is 4. The Balaban J connectivity index is 3.23. The molecule has 4 heteroatoms. The zero-order valence-corrected chi connectivity index (χ0v) is 13.8. The van der Waals surface area contributed by atoms with Crippen molar-refractivity contribution in [3.8, 4) is 0 Å². The number of hydrogen-bond donors (Lipinski definition) is 1. The zero-order valence-electron chi connectivity index (χ0n) is 13.8. The maximum absolute atomic E-state index is 5.58. The fraction of sp³-hybridized carbons (Fsp3) is 0.750. The Labute approximate surface area is 123 Å². The summed E-state index contributed by atoms with van der Waals surface area (Å²) in [5, 5.41) is 3.21. The first-order valence-electron chi connectivity index (χ1n) is 7.64. The molecule has 0 saturated heterocycles. The van der Waals surface area contributed by atoms with E-state index >= 15 is 0 Å². The summed E-state index contributed by atoms with van der Waals surface area (Å²) in [6.45, 7) is 9.56. The van der Waals surface area contributed by atoms with Crippen LogP contribution in [-0.2, 0) is 24.0 Å². The van der Waals surface area contributed by atoms with Crippen LogP contribution in [0.2, 0.25) is 0 Å². The van der Waals surface area contributed by atoms with Gasteiger partial charge in [-0.2, -0.15) is 0 Å². The highest BCUT2D eigenvalue weighted by molar-refractivity contribution is 5.27. The summed E-state index contributed by atoms with van der Waals surface area (Å²) in [5.41, 5.74) is 3.65. The van der Waals surface area contributed by atoms with Crippen LogP contribution in [0.3, 0.4) is 0 Å². The molecule has 1 unspecified atom stereocenters. The molecular weight excluding hydrogens is 250 g/mol. The Morgan fingerprint density at radius 1 is 1.10 bits per heavy atom. The normalized spacial score (nSPS) is 12.9. The van der Waals surface area contributed by atoms with Crippen LogP contribution in [0.15, 0.2) is 0 Å². The highest BCUT2D eigenvalue weighted by Gasteiger charge is 2.21. The third kappa shape index (κ3) is 4.00. The number of likely N-dealkylation sites (N-methyl/N-ethyl adjacent to an activating group) is 1. The number of aryl methyl sites for hydroxylation is 2. The third-order valence-electron chi connectivity index (χ3n) is 3.60. The van der Waals surface area contributed by atoms with Crippen molar-refractivity contribution >= 4 is 0 Å². The summed E-state index contributed by atoms with van der Waals surface area (Å²) in [4.78, 5) is 9.56. The van der Waals surface area contributed by atoms with Crippen molar-refractivity contribution in [2.45, 2.75) is 53.1 Å². The van der Waals surface area contributed by atoms with E-state index in [1.165, 1.54) is 17.0 Å². The van der Waals surface area contributed by atoms with Crippen molar-refractivity contribution in [3.05, 3.63) is 22.8 Å². The minimum absolute atomic E-state index is 0.0241. The van der Waals surface area contributed by atoms with Gasteiger partial charge in [-0.25, -0.2) is 9.97 Å². The van der Waals surface area contributed by atoms with Crippen molar-refractivity contribution in [1.29, 1.82) is 0 Å². The van der Waals surface area contributed by atoms with Gasteiger partial charge in [0.1, 0.15) is 6.10 Å². The number of nitrogens with zero attached hydrogens (tertiary/aromatic N) is 2. The second kappa shape index (κ2) is 8.32. The fourth-order valence-electron chi connectivity index (χ4n) is 2.53. The summed E-state index contributed by atoms with van der Waals surface area (Å²) in [7, 11) is 3.71. The maximum atomic E-state index is 5.58. The van der Waals surface area contributed by atoms with E-state index in [4.69, 9.17) is 14.7 Å². The van der Waals surface area contributed by atoms with Crippen LogP contribution >= 0.6 is 0 Å². The van der Waals surface area contributed by atoms with Crippen LogP contribution in [-0.4, -0.2) is 30.7 Å². The highest BCUT2D eigenvalue weighted by Crippen LogP contribution is 2.24. The van der Waals surface area contributed by atoms with E-state index in [1.807, 2.05) is 7.05 Å². The van der Waals surface area contributed by atoms with Gasteiger partial charge in [0.05, 0.1) is 0 Å². The molecule has 0 aromatic carbocycles. The largest absolute Gasteiger partial charge is 0.373 e. The Bertz CT molecular complexity index is 393. The Morgan fingerprint density at radius 2 is 1.65 bits per heavy atom. The lowest BCUT2D eigenvalue weighted by atomic mass is 10.0. The van der Waals surface area contributed by atoms with Crippen LogP contribution in [0.1, 0.15) is 56.6 Å². The maximum Gasteiger partial charge on any atom is 0.157 e. The molecule has 20 heavy (non-hydrogen) atoms. The predicted molar refractivity (Wildman–Crippen MR) is 83.0 cm³/mol. The van der Waals surface area contributed by atoms with Crippen molar-refractivity contribution in [2.75, 3.05) is 20.7 Å². The number of ether oxygens (including phenoxy) is 1. The van der Waals surface area contributed by atoms with Gasteiger partial charge in [-0.1, -0.05) is 27.7 Å². The first-order chi connectivity index (χ1) is 9.58. The lowest BCUT2D eigenvalue weighted by molar-refractivity contribution is 0.0570. The minimum atomic E-state index is -0.0241. The van der Waals surface area contributed by atoms with Crippen LogP contribution in [0.5, 0.6) is 0 Å². The number of rotatable bonds is 8. The Kier molecular flexibility index (Phi) is 7.10. The lowest BCUT2D eigenvalue weighted by Crippen LogP contribution is -2.19. The summed E-state index contributed by atoms with van der Waals surface area (Å²) >= 11 is 0. The van der Waals surface area contributed by atoms with E-state index in [-0.39, 0.29) is 6.10 Å². The average molecular weight is 279 g/mol. The standard InChI is InChI=1S/C16H29N3O/c1-7-13-12(9-10-17-5)14(8-2)19-16(18-13)15(20-6)11(3)4/h11,15,17H,7-10H2,1-6H3. The second-order valence-electron chi connectivity index (χ2n) is 5.41. The van der Waals surface area contributed by atoms with Gasteiger partial charge in [0.2, 0.25) is 0 Å². The van der Waals surface area contributed by atoms with Gasteiger partial charge in [-0.15, -0.1) is 0 Å². The molecule has 0 aliphatic carbocycles. The molecule has 0 aliphatic heterocycles. The molecule has 1 heterocycles. The van der Waals surface area contributed by atoms with Gasteiger partial charge in [0.15, 0.2) is 5.82 Å². The Morgan fingerprint density at radius 3 is 2.00 bits per heavy atom. The van der Waals surface area contributed by atoms with Crippen LogP contribution < -0.4 is 5.32 Å². The predicted octanol–water partition coefficient (Wildman–Crippen LogP) is 2.71. The molecule has 0 spiro atoms. The average Bonchev–Trinajstić information content (AvgIpc) is 2.45. The molecule has 1 atom stereocenters. The molecule has 0 bridgehead atoms. The Hall–Kier alpha value is -1.00. The number of methoxy groups -OCH3 is 1. The summed E-state index contributed by atoms with van der Waals surface area (Å²) < 4.78 is 5.58. The quantitative estimate of drug-likeness (QED) is 0.795. The van der Waals surface area contributed by atoms with E-state index in [1.54, 1.807) is 7.11 Å². The van der Waals surface area contributed by atoms with Crippen molar-refractivity contribution in [3.63, 3.8) is 0 Å². The SMILES string of the molecule is CCc1nc(C(OC)C(C)C)nc(CC)c1CCNC. The van der Waals surface area contributed by atoms with Crippen LogP contribution in [0, 0.1) is 5.92 Å².